The predicted octanol–water partition coefficient (Wildman–Crippen LogP) is 2.36. The standard InChI is InChI=1S/C7H4F3PSe/c8-7(9,10)5-1-3-6(11-12)4-2-5/h1-4H. The molecule has 0 aromatic heterocycles. The van der Waals surface area contributed by atoms with Crippen LogP contribution in [-0.4, -0.2) is 15.1 Å². The van der Waals surface area contributed by atoms with Crippen LogP contribution < -0.4 is 5.30 Å². The summed E-state index contributed by atoms with van der Waals surface area (Å²) in [5.74, 6) is 0. The summed E-state index contributed by atoms with van der Waals surface area (Å²) in [6, 6.07) is 5.08. The van der Waals surface area contributed by atoms with Gasteiger partial charge in [0.05, 0.1) is 0 Å². The van der Waals surface area contributed by atoms with E-state index < -0.39 is 11.7 Å². The molecule has 0 aliphatic carbocycles. The Balaban J connectivity index is 3.00. The molecule has 1 rings (SSSR count). The zero-order valence-corrected chi connectivity index (χ0v) is 8.41. The maximum atomic E-state index is 12.0. The first-order valence-electron chi connectivity index (χ1n) is 3.04. The predicted molar refractivity (Wildman–Crippen MR) is 43.8 cm³/mol. The van der Waals surface area contributed by atoms with Crippen molar-refractivity contribution in [3.63, 3.8) is 0 Å². The van der Waals surface area contributed by atoms with Gasteiger partial charge in [-0.3, -0.25) is 0 Å². The fourth-order valence-electron chi connectivity index (χ4n) is 0.711. The molecule has 0 saturated heterocycles. The molecule has 1 aromatic carbocycles. The van der Waals surface area contributed by atoms with Gasteiger partial charge in [0, 0.05) is 0 Å². The summed E-state index contributed by atoms with van der Waals surface area (Å²) in [4.78, 5) is 0. The van der Waals surface area contributed by atoms with E-state index >= 15 is 0 Å². The first-order chi connectivity index (χ1) is 5.54. The molecular weight excluding hydrogens is 251 g/mol. The third-order valence-electron chi connectivity index (χ3n) is 1.30. The Morgan fingerprint density at radius 3 is 1.92 bits per heavy atom. The van der Waals surface area contributed by atoms with Gasteiger partial charge in [-0.25, -0.2) is 0 Å². The van der Waals surface area contributed by atoms with E-state index in [0.29, 0.717) is 0 Å². The molecule has 0 aliphatic rings. The Morgan fingerprint density at radius 2 is 1.58 bits per heavy atom. The van der Waals surface area contributed by atoms with E-state index in [1.54, 1.807) is 0 Å². The number of halogens is 3. The molecule has 0 bridgehead atoms. The van der Waals surface area contributed by atoms with Gasteiger partial charge in [0.25, 0.3) is 0 Å². The van der Waals surface area contributed by atoms with E-state index in [0.717, 1.165) is 24.3 Å². The van der Waals surface area contributed by atoms with E-state index in [2.05, 4.69) is 15.1 Å². The average molecular weight is 255 g/mol. The van der Waals surface area contributed by atoms with E-state index in [-0.39, 0.29) is 0 Å². The minimum absolute atomic E-state index is 0.602. The molecule has 0 radical (unpaired) electrons. The Morgan fingerprint density at radius 1 is 1.08 bits per heavy atom. The zero-order valence-electron chi connectivity index (χ0n) is 5.80. The second kappa shape index (κ2) is 3.69. The summed E-state index contributed by atoms with van der Waals surface area (Å²) in [6.07, 6.45) is -4.23. The van der Waals surface area contributed by atoms with Crippen molar-refractivity contribution in [2.45, 2.75) is 6.18 Å². The molecule has 12 heavy (non-hydrogen) atoms. The second-order valence-electron chi connectivity index (χ2n) is 2.14. The van der Waals surface area contributed by atoms with Gasteiger partial charge in [0.1, 0.15) is 0 Å². The normalized spacial score (nSPS) is 11.9. The van der Waals surface area contributed by atoms with Gasteiger partial charge in [-0.1, -0.05) is 0 Å². The molecule has 0 atom stereocenters. The van der Waals surface area contributed by atoms with Gasteiger partial charge < -0.3 is 0 Å². The third kappa shape index (κ3) is 2.41. The van der Waals surface area contributed by atoms with E-state index in [1.165, 1.54) is 12.1 Å². The van der Waals surface area contributed by atoms with Crippen LogP contribution >= 0.6 is 6.83 Å². The van der Waals surface area contributed by atoms with E-state index in [9.17, 15) is 13.2 Å². The number of hydrogen-bond acceptors (Lipinski definition) is 0. The van der Waals surface area contributed by atoms with Gasteiger partial charge in [-0.05, 0) is 0 Å². The van der Waals surface area contributed by atoms with Crippen molar-refractivity contribution in [3.05, 3.63) is 29.8 Å². The summed E-state index contributed by atoms with van der Waals surface area (Å²) >= 11 is 2.71. The summed E-state index contributed by atoms with van der Waals surface area (Å²) in [5.41, 5.74) is -0.602. The Labute approximate surface area is 76.8 Å². The first kappa shape index (κ1) is 9.91. The fourth-order valence-corrected chi connectivity index (χ4v) is 1.75. The minimum atomic E-state index is -4.23. The van der Waals surface area contributed by atoms with Crippen LogP contribution in [0, 0.1) is 0 Å². The number of hydrogen-bond donors (Lipinski definition) is 0. The number of rotatable bonds is 1. The van der Waals surface area contributed by atoms with Crippen LogP contribution in [0.1, 0.15) is 5.56 Å². The van der Waals surface area contributed by atoms with Crippen LogP contribution in [0.4, 0.5) is 13.2 Å². The maximum absolute atomic E-state index is 12.0. The van der Waals surface area contributed by atoms with Crippen LogP contribution in [0.5, 0.6) is 0 Å². The van der Waals surface area contributed by atoms with Crippen molar-refractivity contribution in [2.24, 2.45) is 0 Å². The molecule has 0 amide bonds. The van der Waals surface area contributed by atoms with Crippen molar-refractivity contribution in [2.75, 3.05) is 0 Å². The van der Waals surface area contributed by atoms with Crippen molar-refractivity contribution in [3.8, 4) is 0 Å². The van der Waals surface area contributed by atoms with Crippen LogP contribution in [0.2, 0.25) is 0 Å². The average Bonchev–Trinajstić information content (AvgIpc) is 2.03. The molecule has 0 saturated carbocycles. The summed E-state index contributed by atoms with van der Waals surface area (Å²) < 4.78 is 36.0. The van der Waals surface area contributed by atoms with Crippen molar-refractivity contribution in [1.29, 1.82) is 0 Å². The topological polar surface area (TPSA) is 0 Å². The van der Waals surface area contributed by atoms with E-state index in [4.69, 9.17) is 0 Å². The Bertz CT molecular complexity index is 278. The Kier molecular flexibility index (Phi) is 3.05. The van der Waals surface area contributed by atoms with Crippen molar-refractivity contribution < 1.29 is 13.2 Å². The third-order valence-corrected chi connectivity index (χ3v) is 3.14. The quantitative estimate of drug-likeness (QED) is 0.533. The molecule has 0 unspecified atom stereocenters. The van der Waals surface area contributed by atoms with Gasteiger partial charge in [-0.15, -0.1) is 0 Å². The van der Waals surface area contributed by atoms with Crippen LogP contribution in [0.25, 0.3) is 0 Å². The molecule has 0 N–H and O–H groups in total. The molecule has 0 spiro atoms. The first-order valence-corrected chi connectivity index (χ1v) is 6.16. The molecule has 0 heterocycles. The van der Waals surface area contributed by atoms with Gasteiger partial charge in [0.15, 0.2) is 0 Å². The van der Waals surface area contributed by atoms with Gasteiger partial charge in [-0.2, -0.15) is 0 Å². The summed E-state index contributed by atoms with van der Waals surface area (Å²) in [6.45, 7) is 0.857. The van der Waals surface area contributed by atoms with Crippen LogP contribution in [0.15, 0.2) is 24.3 Å². The van der Waals surface area contributed by atoms with Gasteiger partial charge >= 0.3 is 76.4 Å². The molecule has 0 nitrogen and oxygen atoms in total. The monoisotopic (exact) mass is 256 g/mol. The van der Waals surface area contributed by atoms with Crippen molar-refractivity contribution >= 4 is 27.2 Å². The van der Waals surface area contributed by atoms with Gasteiger partial charge in [0.2, 0.25) is 0 Å². The molecular formula is C7H4F3PSe. The second-order valence-corrected chi connectivity index (χ2v) is 3.98. The zero-order chi connectivity index (χ0) is 9.19. The molecule has 5 heteroatoms. The summed E-state index contributed by atoms with van der Waals surface area (Å²) in [7, 11) is 0. The number of alkyl halides is 3. The molecule has 1 aromatic rings. The fraction of sp³-hybridized carbons (Fsp3) is 0.143. The summed E-state index contributed by atoms with van der Waals surface area (Å²) in [5, 5.41) is 0.836. The van der Waals surface area contributed by atoms with E-state index in [1.807, 2.05) is 0 Å². The molecule has 0 aliphatic heterocycles. The SMILES string of the molecule is FC(F)(F)c1ccc(P=[Se])cc1. The molecule has 64 valence electrons. The van der Waals surface area contributed by atoms with Crippen LogP contribution in [-0.2, 0) is 6.18 Å². The van der Waals surface area contributed by atoms with Crippen LogP contribution in [0.3, 0.4) is 0 Å². The molecule has 0 fully saturated rings. The Hall–Kier alpha value is -0.171. The number of benzene rings is 1. The van der Waals surface area contributed by atoms with Crippen molar-refractivity contribution in [1.82, 2.24) is 0 Å².